The summed E-state index contributed by atoms with van der Waals surface area (Å²) in [5.74, 6) is -0.798. The molecular weight excluding hydrogens is 348 g/mol. The van der Waals surface area contributed by atoms with Crippen molar-refractivity contribution in [2.45, 2.75) is 20.4 Å². The van der Waals surface area contributed by atoms with Crippen LogP contribution in [0, 0.1) is 13.8 Å². The molecule has 27 heavy (non-hydrogen) atoms. The van der Waals surface area contributed by atoms with Crippen LogP contribution in [0.2, 0.25) is 0 Å². The first-order chi connectivity index (χ1) is 12.9. The predicted molar refractivity (Wildman–Crippen MR) is 100 cm³/mol. The number of nitrogens with zero attached hydrogens (tertiary/aromatic N) is 4. The van der Waals surface area contributed by atoms with E-state index in [0.29, 0.717) is 11.0 Å². The maximum atomic E-state index is 12.3. The van der Waals surface area contributed by atoms with Crippen molar-refractivity contribution in [3.05, 3.63) is 52.2 Å². The van der Waals surface area contributed by atoms with Crippen molar-refractivity contribution >= 4 is 28.5 Å². The van der Waals surface area contributed by atoms with Gasteiger partial charge in [0.1, 0.15) is 18.3 Å². The average Bonchev–Trinajstić information content (AvgIpc) is 3.01. The van der Waals surface area contributed by atoms with E-state index in [-0.39, 0.29) is 24.6 Å². The summed E-state index contributed by atoms with van der Waals surface area (Å²) in [5, 5.41) is 9.61. The maximum Gasteiger partial charge on any atom is 0.264 e. The van der Waals surface area contributed by atoms with E-state index in [9.17, 15) is 14.4 Å². The molecule has 0 saturated heterocycles. The molecule has 2 amide bonds. The fourth-order valence-electron chi connectivity index (χ4n) is 2.76. The number of hydrogen-bond acceptors (Lipinski definition) is 5. The van der Waals surface area contributed by atoms with Crippen molar-refractivity contribution in [2.75, 3.05) is 11.9 Å². The van der Waals surface area contributed by atoms with Gasteiger partial charge in [0.25, 0.3) is 5.56 Å². The third-order valence-electron chi connectivity index (χ3n) is 4.22. The first kappa shape index (κ1) is 18.3. The van der Waals surface area contributed by atoms with Crippen LogP contribution in [0.3, 0.4) is 0 Å². The number of aryl methyl sites for hydroxylation is 3. The zero-order valence-electron chi connectivity index (χ0n) is 15.3. The number of para-hydroxylation sites is 1. The Kier molecular flexibility index (Phi) is 5.02. The topological polar surface area (TPSA) is 111 Å². The summed E-state index contributed by atoms with van der Waals surface area (Å²) in [7, 11) is 1.68. The van der Waals surface area contributed by atoms with Crippen LogP contribution in [0.1, 0.15) is 11.1 Å². The van der Waals surface area contributed by atoms with Crippen LogP contribution in [0.5, 0.6) is 0 Å². The SMILES string of the molecule is Cc1cccc(C)c1NC(=O)CNC(=O)Cn1cnc2c(cnn2C)c1=O. The van der Waals surface area contributed by atoms with E-state index in [1.807, 2.05) is 32.0 Å². The summed E-state index contributed by atoms with van der Waals surface area (Å²) in [6, 6.07) is 5.71. The van der Waals surface area contributed by atoms with Crippen LogP contribution in [-0.2, 0) is 23.2 Å². The molecule has 0 atom stereocenters. The van der Waals surface area contributed by atoms with E-state index < -0.39 is 5.91 Å². The smallest absolute Gasteiger partial charge is 0.264 e. The summed E-state index contributed by atoms with van der Waals surface area (Å²) in [6.45, 7) is 3.38. The predicted octanol–water partition coefficient (Wildman–Crippen LogP) is 0.502. The van der Waals surface area contributed by atoms with Crippen LogP contribution in [0.4, 0.5) is 5.69 Å². The van der Waals surface area contributed by atoms with Gasteiger partial charge < -0.3 is 10.6 Å². The second-order valence-corrected chi connectivity index (χ2v) is 6.27. The number of carbonyl (C=O) groups excluding carboxylic acids is 2. The molecule has 0 aliphatic carbocycles. The Morgan fingerprint density at radius 3 is 2.56 bits per heavy atom. The Bertz CT molecular complexity index is 1060. The van der Waals surface area contributed by atoms with Gasteiger partial charge in [-0.05, 0) is 25.0 Å². The lowest BCUT2D eigenvalue weighted by Crippen LogP contribution is -2.37. The zero-order valence-corrected chi connectivity index (χ0v) is 15.3. The quantitative estimate of drug-likeness (QED) is 0.681. The molecule has 0 aliphatic rings. The fraction of sp³-hybridized carbons (Fsp3) is 0.278. The van der Waals surface area contributed by atoms with Gasteiger partial charge >= 0.3 is 0 Å². The second kappa shape index (κ2) is 7.40. The molecule has 0 aliphatic heterocycles. The molecule has 0 bridgehead atoms. The Balaban J connectivity index is 1.61. The summed E-state index contributed by atoms with van der Waals surface area (Å²) < 4.78 is 2.67. The Morgan fingerprint density at radius 1 is 1.15 bits per heavy atom. The van der Waals surface area contributed by atoms with Crippen LogP contribution in [-0.4, -0.2) is 37.7 Å². The molecule has 3 aromatic rings. The molecule has 3 rings (SSSR count). The molecule has 9 heteroatoms. The van der Waals surface area contributed by atoms with Crippen LogP contribution in [0.15, 0.2) is 35.5 Å². The van der Waals surface area contributed by atoms with Crippen molar-refractivity contribution in [3.8, 4) is 0 Å². The summed E-state index contributed by atoms with van der Waals surface area (Å²) in [6.07, 6.45) is 2.71. The van der Waals surface area contributed by atoms with Crippen LogP contribution >= 0.6 is 0 Å². The summed E-state index contributed by atoms with van der Waals surface area (Å²) in [4.78, 5) is 40.7. The number of amides is 2. The minimum Gasteiger partial charge on any atom is -0.345 e. The normalized spacial score (nSPS) is 10.8. The monoisotopic (exact) mass is 368 g/mol. The van der Waals surface area contributed by atoms with Gasteiger partial charge in [-0.2, -0.15) is 5.10 Å². The van der Waals surface area contributed by atoms with Gasteiger partial charge in [-0.1, -0.05) is 18.2 Å². The molecule has 0 fully saturated rings. The molecule has 2 heterocycles. The van der Waals surface area contributed by atoms with E-state index in [1.165, 1.54) is 21.8 Å². The average molecular weight is 368 g/mol. The lowest BCUT2D eigenvalue weighted by molar-refractivity contribution is -0.124. The lowest BCUT2D eigenvalue weighted by Gasteiger charge is -2.12. The van der Waals surface area contributed by atoms with Gasteiger partial charge in [0.2, 0.25) is 11.8 Å². The Morgan fingerprint density at radius 2 is 1.85 bits per heavy atom. The van der Waals surface area contributed by atoms with Gasteiger partial charge in [-0.3, -0.25) is 23.6 Å². The molecule has 0 saturated carbocycles. The minimum absolute atomic E-state index is 0.191. The number of fused-ring (bicyclic) bond motifs is 1. The standard InChI is InChI=1S/C18H20N6O3/c1-11-5-4-6-12(2)16(11)22-14(25)8-19-15(26)9-24-10-20-17-13(18(24)27)7-21-23(17)3/h4-7,10H,8-9H2,1-3H3,(H,19,26)(H,22,25). The highest BCUT2D eigenvalue weighted by Gasteiger charge is 2.12. The van der Waals surface area contributed by atoms with Gasteiger partial charge in [-0.15, -0.1) is 0 Å². The van der Waals surface area contributed by atoms with Gasteiger partial charge in [-0.25, -0.2) is 4.98 Å². The van der Waals surface area contributed by atoms with Crippen molar-refractivity contribution in [2.24, 2.45) is 7.05 Å². The highest BCUT2D eigenvalue weighted by molar-refractivity contribution is 5.95. The van der Waals surface area contributed by atoms with E-state index in [2.05, 4.69) is 20.7 Å². The third-order valence-corrected chi connectivity index (χ3v) is 4.22. The molecule has 0 unspecified atom stereocenters. The van der Waals surface area contributed by atoms with E-state index in [4.69, 9.17) is 0 Å². The first-order valence-electron chi connectivity index (χ1n) is 8.36. The highest BCUT2D eigenvalue weighted by Crippen LogP contribution is 2.18. The number of rotatable bonds is 5. The summed E-state index contributed by atoms with van der Waals surface area (Å²) >= 11 is 0. The number of nitrogens with one attached hydrogen (secondary N) is 2. The largest absolute Gasteiger partial charge is 0.345 e. The Labute approximate surface area is 155 Å². The molecule has 9 nitrogen and oxygen atoms in total. The zero-order chi connectivity index (χ0) is 19.6. The number of hydrogen-bond donors (Lipinski definition) is 2. The first-order valence-corrected chi connectivity index (χ1v) is 8.36. The van der Waals surface area contributed by atoms with E-state index in [1.54, 1.807) is 7.05 Å². The maximum absolute atomic E-state index is 12.3. The second-order valence-electron chi connectivity index (χ2n) is 6.27. The van der Waals surface area contributed by atoms with Gasteiger partial charge in [0.15, 0.2) is 5.65 Å². The molecule has 2 aromatic heterocycles. The number of anilines is 1. The number of carbonyl (C=O) groups is 2. The molecule has 0 radical (unpaired) electrons. The number of benzene rings is 1. The van der Waals surface area contributed by atoms with Crippen molar-refractivity contribution in [1.29, 1.82) is 0 Å². The van der Waals surface area contributed by atoms with Crippen molar-refractivity contribution in [3.63, 3.8) is 0 Å². The molecule has 2 N–H and O–H groups in total. The molecular formula is C18H20N6O3. The lowest BCUT2D eigenvalue weighted by atomic mass is 10.1. The van der Waals surface area contributed by atoms with E-state index >= 15 is 0 Å². The molecule has 0 spiro atoms. The molecule has 1 aromatic carbocycles. The van der Waals surface area contributed by atoms with Gasteiger partial charge in [0.05, 0.1) is 12.7 Å². The van der Waals surface area contributed by atoms with Gasteiger partial charge in [0, 0.05) is 12.7 Å². The minimum atomic E-state index is -0.459. The highest BCUT2D eigenvalue weighted by atomic mass is 16.2. The van der Waals surface area contributed by atoms with E-state index in [0.717, 1.165) is 16.8 Å². The third kappa shape index (κ3) is 3.86. The van der Waals surface area contributed by atoms with Crippen LogP contribution in [0.25, 0.3) is 11.0 Å². The van der Waals surface area contributed by atoms with Crippen molar-refractivity contribution < 1.29 is 9.59 Å². The van der Waals surface area contributed by atoms with Crippen molar-refractivity contribution in [1.82, 2.24) is 24.6 Å². The number of aromatic nitrogens is 4. The van der Waals surface area contributed by atoms with Crippen LogP contribution < -0.4 is 16.2 Å². The molecule has 140 valence electrons. The fourth-order valence-corrected chi connectivity index (χ4v) is 2.76. The Hall–Kier alpha value is -3.49. The summed E-state index contributed by atoms with van der Waals surface area (Å²) in [5.41, 5.74) is 2.71.